The number of nitrogens with zero attached hydrogens (tertiary/aromatic N) is 2. The minimum atomic E-state index is -4.60. The fourth-order valence-corrected chi connectivity index (χ4v) is 4.03. The average Bonchev–Trinajstić information content (AvgIpc) is 2.89. The van der Waals surface area contributed by atoms with Crippen molar-refractivity contribution in [1.29, 1.82) is 0 Å². The van der Waals surface area contributed by atoms with Crippen molar-refractivity contribution in [3.8, 4) is 0 Å². The number of unbranched alkanes of at least 4 members (excludes halogenated alkanes) is 1. The predicted octanol–water partition coefficient (Wildman–Crippen LogP) is 4.55. The topological polar surface area (TPSA) is 150 Å². The summed E-state index contributed by atoms with van der Waals surface area (Å²) in [6.07, 6.45) is 1.72. The van der Waals surface area contributed by atoms with E-state index >= 15 is 0 Å². The van der Waals surface area contributed by atoms with E-state index in [1.807, 2.05) is 24.3 Å². The Balaban J connectivity index is 1.58. The highest BCUT2D eigenvalue weighted by molar-refractivity contribution is 7.46. The van der Waals surface area contributed by atoms with Crippen LogP contribution in [-0.2, 0) is 20.4 Å². The van der Waals surface area contributed by atoms with E-state index < -0.39 is 37.6 Å². The van der Waals surface area contributed by atoms with E-state index in [0.717, 1.165) is 16.8 Å². The third-order valence-electron chi connectivity index (χ3n) is 5.79. The number of phosphoric ester groups is 1. The summed E-state index contributed by atoms with van der Waals surface area (Å²) in [5.74, 6) is -1.83. The lowest BCUT2D eigenvalue weighted by atomic mass is 10.1. The number of pyridine rings is 1. The highest BCUT2D eigenvalue weighted by atomic mass is 31.2. The molecule has 39 heavy (non-hydrogen) atoms. The number of hydrogen-bond acceptors (Lipinski definition) is 6. The highest BCUT2D eigenvalue weighted by Gasteiger charge is 2.23. The number of urea groups is 1. The van der Waals surface area contributed by atoms with E-state index in [1.165, 1.54) is 24.1 Å². The molecule has 2 aromatic carbocycles. The molecule has 0 saturated carbocycles. The lowest BCUT2D eigenvalue weighted by molar-refractivity contribution is 0.111. The zero-order valence-electron chi connectivity index (χ0n) is 21.0. The molecule has 0 aliphatic rings. The Kier molecular flexibility index (Phi) is 10.7. The van der Waals surface area contributed by atoms with Gasteiger partial charge in [0.1, 0.15) is 12.4 Å². The van der Waals surface area contributed by atoms with Gasteiger partial charge in [0.25, 0.3) is 0 Å². The zero-order chi connectivity index (χ0) is 28.4. The van der Waals surface area contributed by atoms with Crippen molar-refractivity contribution in [2.24, 2.45) is 0 Å². The molecule has 0 aliphatic heterocycles. The van der Waals surface area contributed by atoms with Crippen molar-refractivity contribution in [2.45, 2.75) is 31.8 Å². The number of benzene rings is 2. The molecule has 0 aliphatic carbocycles. The van der Waals surface area contributed by atoms with E-state index in [1.54, 1.807) is 12.3 Å². The van der Waals surface area contributed by atoms with Crippen LogP contribution in [0.5, 0.6) is 0 Å². The fourth-order valence-electron chi connectivity index (χ4n) is 3.67. The molecular formula is C25H29F2N4O7P. The summed E-state index contributed by atoms with van der Waals surface area (Å²) in [6, 6.07) is 11.5. The molecule has 14 heteroatoms. The molecule has 0 saturated heterocycles. The number of ether oxygens (including phenoxy) is 1. The Labute approximate surface area is 223 Å². The van der Waals surface area contributed by atoms with Crippen LogP contribution in [0.15, 0.2) is 54.7 Å². The lowest BCUT2D eigenvalue weighted by Crippen LogP contribution is -2.46. The largest absolute Gasteiger partial charge is 0.469 e. The Morgan fingerprint density at radius 2 is 1.85 bits per heavy atom. The monoisotopic (exact) mass is 566 g/mol. The Hall–Kier alpha value is -3.64. The molecule has 0 bridgehead atoms. The van der Waals surface area contributed by atoms with Crippen LogP contribution in [0.1, 0.15) is 24.8 Å². The van der Waals surface area contributed by atoms with Crippen molar-refractivity contribution in [1.82, 2.24) is 15.2 Å². The third kappa shape index (κ3) is 9.56. The molecule has 0 spiro atoms. The summed E-state index contributed by atoms with van der Waals surface area (Å²) in [5.41, 5.74) is -0.0404. The van der Waals surface area contributed by atoms with E-state index in [-0.39, 0.29) is 44.0 Å². The molecule has 0 fully saturated rings. The summed E-state index contributed by atoms with van der Waals surface area (Å²) in [5, 5.41) is 6.79. The SMILES string of the molecule is CN(C(=O)NCc1cccc(F)c1F)C(CCCCOP(=O)(O)O)COC(=O)Nc1cc2ccccc2cn1. The van der Waals surface area contributed by atoms with E-state index in [9.17, 15) is 22.9 Å². The number of carbonyl (C=O) groups is 2. The Morgan fingerprint density at radius 1 is 1.10 bits per heavy atom. The number of halogens is 2. The fraction of sp³-hybridized carbons (Fsp3) is 0.320. The molecule has 4 N–H and O–H groups in total. The second-order valence-corrected chi connectivity index (χ2v) is 9.84. The van der Waals surface area contributed by atoms with Crippen molar-refractivity contribution in [2.75, 3.05) is 25.6 Å². The van der Waals surface area contributed by atoms with Crippen LogP contribution >= 0.6 is 7.82 Å². The van der Waals surface area contributed by atoms with Crippen LogP contribution in [0.25, 0.3) is 10.8 Å². The standard InChI is InChI=1S/C25H29F2N4O7P/c1-31(24(32)29-15-19-9-6-11-21(26)23(19)27)20(10-4-5-12-38-39(34,35)36)16-37-25(33)30-22-13-17-7-2-3-8-18(17)14-28-22/h2-3,6-9,11,13-14,20H,4-5,10,12,15-16H2,1H3,(H,29,32)(H,28,30,33)(H2,34,35,36). The van der Waals surface area contributed by atoms with Gasteiger partial charge in [-0.15, -0.1) is 0 Å². The number of nitrogens with one attached hydrogen (secondary N) is 2. The van der Waals surface area contributed by atoms with Crippen LogP contribution < -0.4 is 10.6 Å². The summed E-state index contributed by atoms with van der Waals surface area (Å²) < 4.78 is 48.0. The van der Waals surface area contributed by atoms with Gasteiger partial charge in [0, 0.05) is 30.7 Å². The Bertz CT molecular complexity index is 1340. The van der Waals surface area contributed by atoms with E-state index in [4.69, 9.17) is 14.5 Å². The second kappa shape index (κ2) is 13.9. The first kappa shape index (κ1) is 29.9. The number of carbonyl (C=O) groups excluding carboxylic acids is 2. The molecule has 3 rings (SSSR count). The molecule has 0 radical (unpaired) electrons. The molecule has 11 nitrogen and oxygen atoms in total. The number of amides is 3. The van der Waals surface area contributed by atoms with Crippen molar-refractivity contribution < 1.29 is 42.0 Å². The Morgan fingerprint density at radius 3 is 2.59 bits per heavy atom. The second-order valence-electron chi connectivity index (χ2n) is 8.60. The van der Waals surface area contributed by atoms with Crippen LogP contribution in [-0.4, -0.2) is 58.1 Å². The minimum Gasteiger partial charge on any atom is -0.447 e. The van der Waals surface area contributed by atoms with Gasteiger partial charge in [0.15, 0.2) is 11.6 Å². The van der Waals surface area contributed by atoms with Gasteiger partial charge in [-0.3, -0.25) is 9.84 Å². The quantitative estimate of drug-likeness (QED) is 0.184. The maximum absolute atomic E-state index is 13.9. The molecule has 3 aromatic rings. The van der Waals surface area contributed by atoms with Gasteiger partial charge < -0.3 is 24.7 Å². The van der Waals surface area contributed by atoms with Gasteiger partial charge in [-0.2, -0.15) is 0 Å². The van der Waals surface area contributed by atoms with Crippen molar-refractivity contribution in [3.63, 3.8) is 0 Å². The van der Waals surface area contributed by atoms with Gasteiger partial charge in [-0.1, -0.05) is 36.4 Å². The molecule has 210 valence electrons. The number of aromatic nitrogens is 1. The number of hydrogen-bond donors (Lipinski definition) is 4. The summed E-state index contributed by atoms with van der Waals surface area (Å²) in [6.45, 7) is -0.706. The summed E-state index contributed by atoms with van der Waals surface area (Å²) >= 11 is 0. The van der Waals surface area contributed by atoms with Crippen LogP contribution in [0.4, 0.5) is 24.2 Å². The molecule has 1 heterocycles. The first-order valence-corrected chi connectivity index (χ1v) is 13.5. The first-order valence-electron chi connectivity index (χ1n) is 12.0. The highest BCUT2D eigenvalue weighted by Crippen LogP contribution is 2.35. The smallest absolute Gasteiger partial charge is 0.447 e. The lowest BCUT2D eigenvalue weighted by Gasteiger charge is -2.28. The maximum Gasteiger partial charge on any atom is 0.469 e. The number of likely N-dealkylation sites (N-methyl/N-ethyl adjacent to an activating group) is 1. The molecule has 3 amide bonds. The number of phosphoric acid groups is 1. The number of fused-ring (bicyclic) bond motifs is 1. The van der Waals surface area contributed by atoms with E-state index in [0.29, 0.717) is 6.42 Å². The molecule has 1 unspecified atom stereocenters. The molecule has 1 aromatic heterocycles. The first-order chi connectivity index (χ1) is 18.5. The van der Waals surface area contributed by atoms with Crippen molar-refractivity contribution in [3.05, 3.63) is 71.9 Å². The van der Waals surface area contributed by atoms with Crippen LogP contribution in [0.3, 0.4) is 0 Å². The average molecular weight is 566 g/mol. The summed E-state index contributed by atoms with van der Waals surface area (Å²) in [4.78, 5) is 48.2. The zero-order valence-corrected chi connectivity index (χ0v) is 21.9. The van der Waals surface area contributed by atoms with Gasteiger partial charge in [0.2, 0.25) is 0 Å². The van der Waals surface area contributed by atoms with Gasteiger partial charge in [0.05, 0.1) is 12.6 Å². The normalized spacial score (nSPS) is 12.1. The van der Waals surface area contributed by atoms with Crippen LogP contribution in [0.2, 0.25) is 0 Å². The minimum absolute atomic E-state index is 0.0404. The van der Waals surface area contributed by atoms with Gasteiger partial charge >= 0.3 is 19.9 Å². The number of rotatable bonds is 12. The van der Waals surface area contributed by atoms with Crippen LogP contribution in [0, 0.1) is 11.6 Å². The maximum atomic E-state index is 13.9. The summed E-state index contributed by atoms with van der Waals surface area (Å²) in [7, 11) is -3.16. The molecule has 1 atom stereocenters. The van der Waals surface area contributed by atoms with Gasteiger partial charge in [-0.05, 0) is 36.8 Å². The van der Waals surface area contributed by atoms with E-state index in [2.05, 4.69) is 20.1 Å². The predicted molar refractivity (Wildman–Crippen MR) is 139 cm³/mol. The number of anilines is 1. The van der Waals surface area contributed by atoms with Crippen molar-refractivity contribution >= 4 is 36.5 Å². The van der Waals surface area contributed by atoms with Gasteiger partial charge in [-0.25, -0.2) is 27.9 Å². The third-order valence-corrected chi connectivity index (χ3v) is 6.31. The molecular weight excluding hydrogens is 537 g/mol.